The second kappa shape index (κ2) is 10.1. The summed E-state index contributed by atoms with van der Waals surface area (Å²) in [6, 6.07) is 11.8. The van der Waals surface area contributed by atoms with Crippen LogP contribution in [-0.4, -0.2) is 31.4 Å². The maximum Gasteiger partial charge on any atom is 0.348 e. The number of nitrogens with zero attached hydrogens (tertiary/aromatic N) is 3. The van der Waals surface area contributed by atoms with Crippen LogP contribution in [0.5, 0.6) is 0 Å². The fraction of sp³-hybridized carbons (Fsp3) is 0.333. The van der Waals surface area contributed by atoms with Gasteiger partial charge in [0, 0.05) is 30.1 Å². The minimum atomic E-state index is -0.505. The number of esters is 1. The number of rotatable bonds is 7. The van der Waals surface area contributed by atoms with Crippen LogP contribution in [-0.2, 0) is 16.0 Å². The second-order valence-corrected chi connectivity index (χ2v) is 8.35. The van der Waals surface area contributed by atoms with Gasteiger partial charge in [0.15, 0.2) is 5.78 Å². The van der Waals surface area contributed by atoms with Gasteiger partial charge >= 0.3 is 5.97 Å². The van der Waals surface area contributed by atoms with Crippen molar-refractivity contribution >= 4 is 34.9 Å². The molecule has 6 nitrogen and oxygen atoms in total. The van der Waals surface area contributed by atoms with E-state index >= 15 is 0 Å². The lowest BCUT2D eigenvalue weighted by atomic mass is 10.0. The average molecular weight is 434 g/mol. The summed E-state index contributed by atoms with van der Waals surface area (Å²) in [5, 5.41) is 19.0. The molecule has 2 aromatic rings. The zero-order valence-corrected chi connectivity index (χ0v) is 18.4. The van der Waals surface area contributed by atoms with Crippen molar-refractivity contribution in [3.63, 3.8) is 0 Å². The molecule has 0 bridgehead atoms. The zero-order chi connectivity index (χ0) is 22.4. The van der Waals surface area contributed by atoms with E-state index in [-0.39, 0.29) is 24.4 Å². The van der Waals surface area contributed by atoms with E-state index in [9.17, 15) is 20.1 Å². The van der Waals surface area contributed by atoms with Gasteiger partial charge in [-0.25, -0.2) is 4.79 Å². The Balaban J connectivity index is 1.80. The van der Waals surface area contributed by atoms with Gasteiger partial charge in [-0.2, -0.15) is 10.5 Å². The van der Waals surface area contributed by atoms with E-state index in [1.165, 1.54) is 12.8 Å². The van der Waals surface area contributed by atoms with Crippen LogP contribution in [0.3, 0.4) is 0 Å². The van der Waals surface area contributed by atoms with Gasteiger partial charge in [0.1, 0.15) is 17.0 Å². The number of carbonyl (C=O) groups is 2. The van der Waals surface area contributed by atoms with E-state index in [1.54, 1.807) is 19.9 Å². The van der Waals surface area contributed by atoms with Gasteiger partial charge < -0.3 is 9.64 Å². The highest BCUT2D eigenvalue weighted by atomic mass is 32.1. The third-order valence-electron chi connectivity index (χ3n) is 5.21. The number of allylic oxidation sites excluding steroid dienone is 1. The van der Waals surface area contributed by atoms with Crippen LogP contribution < -0.4 is 4.90 Å². The van der Waals surface area contributed by atoms with E-state index < -0.39 is 5.97 Å². The Bertz CT molecular complexity index is 1090. The molecule has 1 fully saturated rings. The Labute approximate surface area is 186 Å². The van der Waals surface area contributed by atoms with E-state index in [4.69, 9.17) is 4.74 Å². The Kier molecular flexibility index (Phi) is 7.23. The first kappa shape index (κ1) is 22.3. The minimum absolute atomic E-state index is 0.0153. The number of carbonyl (C=O) groups excluding carboxylic acids is 2. The first-order valence-electron chi connectivity index (χ1n) is 10.2. The summed E-state index contributed by atoms with van der Waals surface area (Å²) in [7, 11) is 0. The standard InChI is InChI=1S/C24H23N3O3S/c1-3-30-24(29)23-16(2)20(15-26)22(31-23)13-21(28)18(14-25)12-17-6-8-19(9-7-17)27-10-4-5-11-27/h6-9,12H,3-5,10-11,13H2,1-2H3/b18-12-. The Morgan fingerprint density at radius 2 is 1.87 bits per heavy atom. The smallest absolute Gasteiger partial charge is 0.348 e. The molecule has 0 aliphatic carbocycles. The second-order valence-electron chi connectivity index (χ2n) is 7.24. The predicted molar refractivity (Wildman–Crippen MR) is 120 cm³/mol. The van der Waals surface area contributed by atoms with Crippen molar-refractivity contribution in [3.05, 3.63) is 56.3 Å². The van der Waals surface area contributed by atoms with Crippen molar-refractivity contribution in [1.82, 2.24) is 0 Å². The number of anilines is 1. The van der Waals surface area contributed by atoms with Crippen LogP contribution in [0.2, 0.25) is 0 Å². The Morgan fingerprint density at radius 1 is 1.19 bits per heavy atom. The summed E-state index contributed by atoms with van der Waals surface area (Å²) in [6.07, 6.45) is 3.84. The molecule has 0 spiro atoms. The van der Waals surface area contributed by atoms with E-state index in [1.807, 2.05) is 30.3 Å². The molecule has 0 atom stereocenters. The molecule has 2 heterocycles. The van der Waals surface area contributed by atoms with Gasteiger partial charge in [-0.1, -0.05) is 12.1 Å². The highest BCUT2D eigenvalue weighted by molar-refractivity contribution is 7.14. The van der Waals surface area contributed by atoms with Gasteiger partial charge in [-0.05, 0) is 56.0 Å². The third-order valence-corrected chi connectivity index (χ3v) is 6.48. The number of hydrogen-bond acceptors (Lipinski definition) is 7. The monoisotopic (exact) mass is 433 g/mol. The molecule has 1 aliphatic rings. The number of hydrogen-bond donors (Lipinski definition) is 0. The van der Waals surface area contributed by atoms with E-state index in [2.05, 4.69) is 11.0 Å². The number of benzene rings is 1. The molecule has 158 valence electrons. The molecule has 0 saturated carbocycles. The average Bonchev–Trinajstić information content (AvgIpc) is 3.41. The highest BCUT2D eigenvalue weighted by Gasteiger charge is 2.23. The van der Waals surface area contributed by atoms with Gasteiger partial charge in [-0.15, -0.1) is 11.3 Å². The van der Waals surface area contributed by atoms with Gasteiger partial charge in [-0.3, -0.25) is 4.79 Å². The lowest BCUT2D eigenvalue weighted by Crippen LogP contribution is -2.17. The molecule has 1 aromatic carbocycles. The fourth-order valence-electron chi connectivity index (χ4n) is 3.58. The molecule has 3 rings (SSSR count). The van der Waals surface area contributed by atoms with Crippen LogP contribution in [0.25, 0.3) is 6.08 Å². The molecular formula is C24H23N3O3S. The van der Waals surface area contributed by atoms with Crippen LogP contribution in [0, 0.1) is 29.6 Å². The summed E-state index contributed by atoms with van der Waals surface area (Å²) in [5.74, 6) is -0.895. The lowest BCUT2D eigenvalue weighted by Gasteiger charge is -2.17. The summed E-state index contributed by atoms with van der Waals surface area (Å²) in [5.41, 5.74) is 2.73. The van der Waals surface area contributed by atoms with Crippen LogP contribution in [0.1, 0.15) is 51.0 Å². The number of ether oxygens (including phenoxy) is 1. The Hall–Kier alpha value is -3.42. The molecule has 0 N–H and O–H groups in total. The Morgan fingerprint density at radius 3 is 2.45 bits per heavy atom. The van der Waals surface area contributed by atoms with Crippen molar-refractivity contribution in [2.45, 2.75) is 33.1 Å². The lowest BCUT2D eigenvalue weighted by molar-refractivity contribution is -0.114. The summed E-state index contributed by atoms with van der Waals surface area (Å²) in [4.78, 5) is 28.0. The summed E-state index contributed by atoms with van der Waals surface area (Å²) >= 11 is 1.08. The number of ketones is 1. The number of Topliss-reactive ketones (excluding diaryl/α,β-unsaturated/α-hetero) is 1. The topological polar surface area (TPSA) is 94.2 Å². The highest BCUT2D eigenvalue weighted by Crippen LogP contribution is 2.30. The largest absolute Gasteiger partial charge is 0.462 e. The van der Waals surface area contributed by atoms with E-state index in [0.717, 1.165) is 35.7 Å². The van der Waals surface area contributed by atoms with Crippen molar-refractivity contribution in [2.24, 2.45) is 0 Å². The first-order chi connectivity index (χ1) is 15.0. The zero-order valence-electron chi connectivity index (χ0n) is 17.6. The normalized spacial score (nSPS) is 13.5. The molecule has 0 unspecified atom stereocenters. The minimum Gasteiger partial charge on any atom is -0.462 e. The summed E-state index contributed by atoms with van der Waals surface area (Å²) < 4.78 is 5.03. The van der Waals surface area contributed by atoms with Gasteiger partial charge in [0.2, 0.25) is 0 Å². The number of nitriles is 2. The quantitative estimate of drug-likeness (QED) is 0.364. The molecule has 0 radical (unpaired) electrons. The molecule has 7 heteroatoms. The van der Waals surface area contributed by atoms with Crippen LogP contribution >= 0.6 is 11.3 Å². The molecule has 1 aliphatic heterocycles. The number of thiophene rings is 1. The first-order valence-corrected chi connectivity index (χ1v) is 11.0. The van der Waals surface area contributed by atoms with E-state index in [0.29, 0.717) is 20.9 Å². The molecule has 0 amide bonds. The predicted octanol–water partition coefficient (Wildman–Crippen LogP) is 4.42. The molecular weight excluding hydrogens is 410 g/mol. The SMILES string of the molecule is CCOC(=O)c1sc(CC(=O)/C(C#N)=C\c2ccc(N3CCCC3)cc2)c(C#N)c1C. The van der Waals surface area contributed by atoms with Crippen molar-refractivity contribution in [2.75, 3.05) is 24.6 Å². The van der Waals surface area contributed by atoms with Crippen molar-refractivity contribution in [1.29, 1.82) is 10.5 Å². The molecule has 31 heavy (non-hydrogen) atoms. The van der Waals surface area contributed by atoms with Crippen LogP contribution in [0.15, 0.2) is 29.8 Å². The van der Waals surface area contributed by atoms with Crippen molar-refractivity contribution < 1.29 is 14.3 Å². The van der Waals surface area contributed by atoms with Crippen LogP contribution in [0.4, 0.5) is 5.69 Å². The molecule has 1 saturated heterocycles. The fourth-order valence-corrected chi connectivity index (χ4v) is 4.72. The maximum atomic E-state index is 12.8. The van der Waals surface area contributed by atoms with Gasteiger partial charge in [0.25, 0.3) is 0 Å². The third kappa shape index (κ3) is 5.02. The molecule has 1 aromatic heterocycles. The van der Waals surface area contributed by atoms with Crippen molar-refractivity contribution in [3.8, 4) is 12.1 Å². The summed E-state index contributed by atoms with van der Waals surface area (Å²) in [6.45, 7) is 5.69. The van der Waals surface area contributed by atoms with Gasteiger partial charge in [0.05, 0.1) is 17.7 Å². The maximum absolute atomic E-state index is 12.8.